The van der Waals surface area contributed by atoms with Gasteiger partial charge in [0.1, 0.15) is 5.75 Å². The Bertz CT molecular complexity index is 775. The third-order valence-corrected chi connectivity index (χ3v) is 5.33. The highest BCUT2D eigenvalue weighted by Gasteiger charge is 2.54. The van der Waals surface area contributed by atoms with E-state index in [4.69, 9.17) is 9.47 Å². The van der Waals surface area contributed by atoms with Crippen LogP contribution in [0.4, 0.5) is 0 Å². The van der Waals surface area contributed by atoms with Crippen molar-refractivity contribution in [3.05, 3.63) is 42.0 Å². The Morgan fingerprint density at radius 3 is 3.00 bits per heavy atom. The monoisotopic (exact) mass is 327 g/mol. The van der Waals surface area contributed by atoms with E-state index < -0.39 is 0 Å². The van der Waals surface area contributed by atoms with Gasteiger partial charge in [-0.25, -0.2) is 0 Å². The molecule has 0 spiro atoms. The fraction of sp³-hybridized carbons (Fsp3) is 0.421. The number of carbonyl (C=O) groups is 1. The lowest BCUT2D eigenvalue weighted by Gasteiger charge is -2.47. The molecule has 0 aromatic heterocycles. The largest absolute Gasteiger partial charge is 0.506 e. The van der Waals surface area contributed by atoms with Crippen molar-refractivity contribution in [1.82, 2.24) is 5.32 Å². The van der Waals surface area contributed by atoms with Crippen LogP contribution < -0.4 is 5.32 Å². The lowest BCUT2D eigenvalue weighted by atomic mass is 9.67. The molecular weight excluding hydrogens is 306 g/mol. The Morgan fingerprint density at radius 2 is 2.17 bits per heavy atom. The molecule has 1 aliphatic carbocycles. The van der Waals surface area contributed by atoms with Gasteiger partial charge < -0.3 is 19.9 Å². The molecule has 1 heterocycles. The standard InChI is InChI=1S/C19H21NO4/c1-23-10-15-16(13-8-9-24-18(13)15)20-19(22)14-7-6-11-4-2-3-5-12(11)17(14)21/h2-7,13,15-16,18,21H,8-10H2,1H3,(H,20,22)/t13-,15+,16+,18-/m1/s1. The Morgan fingerprint density at radius 1 is 1.33 bits per heavy atom. The maximum atomic E-state index is 12.7. The minimum atomic E-state index is -0.241. The molecule has 5 nitrogen and oxygen atoms in total. The molecule has 0 unspecified atom stereocenters. The highest BCUT2D eigenvalue weighted by atomic mass is 16.5. The van der Waals surface area contributed by atoms with Crippen molar-refractivity contribution in [2.24, 2.45) is 11.8 Å². The van der Waals surface area contributed by atoms with Crippen LogP contribution in [-0.2, 0) is 9.47 Å². The summed E-state index contributed by atoms with van der Waals surface area (Å²) in [5, 5.41) is 15.2. The van der Waals surface area contributed by atoms with Crippen LogP contribution >= 0.6 is 0 Å². The summed E-state index contributed by atoms with van der Waals surface area (Å²) >= 11 is 0. The van der Waals surface area contributed by atoms with Crippen LogP contribution in [0.15, 0.2) is 36.4 Å². The summed E-state index contributed by atoms with van der Waals surface area (Å²) in [4.78, 5) is 12.7. The molecule has 126 valence electrons. The SMILES string of the molecule is COC[C@H]1[C@@H](NC(=O)c2ccc3ccccc3c2O)[C@H]2CCO[C@H]21. The van der Waals surface area contributed by atoms with E-state index in [2.05, 4.69) is 5.32 Å². The van der Waals surface area contributed by atoms with Gasteiger partial charge in [-0.2, -0.15) is 0 Å². The summed E-state index contributed by atoms with van der Waals surface area (Å²) in [7, 11) is 1.66. The first-order valence-corrected chi connectivity index (χ1v) is 8.33. The van der Waals surface area contributed by atoms with Gasteiger partial charge in [-0.05, 0) is 17.9 Å². The number of hydrogen-bond acceptors (Lipinski definition) is 4. The molecule has 4 atom stereocenters. The van der Waals surface area contributed by atoms with Gasteiger partial charge in [0.25, 0.3) is 5.91 Å². The van der Waals surface area contributed by atoms with Crippen LogP contribution in [0.5, 0.6) is 5.75 Å². The van der Waals surface area contributed by atoms with Crippen molar-refractivity contribution in [2.45, 2.75) is 18.6 Å². The van der Waals surface area contributed by atoms with E-state index in [1.165, 1.54) is 0 Å². The molecule has 1 amide bonds. The van der Waals surface area contributed by atoms with Crippen LogP contribution in [0.25, 0.3) is 10.8 Å². The summed E-state index contributed by atoms with van der Waals surface area (Å²) in [6, 6.07) is 11.1. The number of nitrogens with one attached hydrogen (secondary N) is 1. The minimum Gasteiger partial charge on any atom is -0.506 e. The van der Waals surface area contributed by atoms with Gasteiger partial charge in [-0.3, -0.25) is 4.79 Å². The summed E-state index contributed by atoms with van der Waals surface area (Å²) in [6.07, 6.45) is 1.14. The second kappa shape index (κ2) is 6.07. The first-order chi connectivity index (χ1) is 11.7. The highest BCUT2D eigenvalue weighted by molar-refractivity contribution is 6.03. The number of fused-ring (bicyclic) bond motifs is 2. The van der Waals surface area contributed by atoms with E-state index in [1.807, 2.05) is 30.3 Å². The maximum Gasteiger partial charge on any atom is 0.255 e. The molecule has 2 N–H and O–H groups in total. The fourth-order valence-electron chi connectivity index (χ4n) is 4.10. The van der Waals surface area contributed by atoms with Gasteiger partial charge in [0.05, 0.1) is 18.3 Å². The van der Waals surface area contributed by atoms with Crippen molar-refractivity contribution in [3.8, 4) is 5.75 Å². The second-order valence-electron chi connectivity index (χ2n) is 6.59. The van der Waals surface area contributed by atoms with Crippen molar-refractivity contribution < 1.29 is 19.4 Å². The Hall–Kier alpha value is -2.11. The van der Waals surface area contributed by atoms with Gasteiger partial charge in [0.2, 0.25) is 0 Å². The molecule has 0 radical (unpaired) electrons. The predicted molar refractivity (Wildman–Crippen MR) is 90.1 cm³/mol. The quantitative estimate of drug-likeness (QED) is 0.904. The number of carbonyl (C=O) groups excluding carboxylic acids is 1. The average molecular weight is 327 g/mol. The maximum absolute atomic E-state index is 12.7. The molecule has 4 rings (SSSR count). The Labute approximate surface area is 140 Å². The first-order valence-electron chi connectivity index (χ1n) is 8.33. The topological polar surface area (TPSA) is 67.8 Å². The zero-order chi connectivity index (χ0) is 16.7. The molecule has 0 bridgehead atoms. The highest BCUT2D eigenvalue weighted by Crippen LogP contribution is 2.44. The molecule has 2 aliphatic rings. The van der Waals surface area contributed by atoms with E-state index in [0.717, 1.165) is 18.4 Å². The number of hydrogen-bond donors (Lipinski definition) is 2. The predicted octanol–water partition coefficient (Wildman–Crippen LogP) is 2.33. The summed E-state index contributed by atoms with van der Waals surface area (Å²) in [5.41, 5.74) is 0.312. The van der Waals surface area contributed by atoms with Crippen molar-refractivity contribution in [3.63, 3.8) is 0 Å². The van der Waals surface area contributed by atoms with Gasteiger partial charge in [-0.15, -0.1) is 0 Å². The molecule has 2 aromatic carbocycles. The molecule has 2 fully saturated rings. The number of benzene rings is 2. The van der Waals surface area contributed by atoms with E-state index in [9.17, 15) is 9.90 Å². The van der Waals surface area contributed by atoms with Crippen LogP contribution in [0.3, 0.4) is 0 Å². The average Bonchev–Trinajstić information content (AvgIpc) is 3.02. The second-order valence-corrected chi connectivity index (χ2v) is 6.59. The third-order valence-electron chi connectivity index (χ3n) is 5.33. The van der Waals surface area contributed by atoms with Gasteiger partial charge in [0.15, 0.2) is 0 Å². The lowest BCUT2D eigenvalue weighted by Crippen LogP contribution is -2.62. The fourth-order valence-corrected chi connectivity index (χ4v) is 4.10. The normalized spacial score (nSPS) is 28.4. The van der Waals surface area contributed by atoms with E-state index in [0.29, 0.717) is 23.5 Å². The van der Waals surface area contributed by atoms with Gasteiger partial charge in [-0.1, -0.05) is 30.3 Å². The van der Waals surface area contributed by atoms with E-state index in [1.54, 1.807) is 13.2 Å². The molecule has 1 saturated heterocycles. The number of methoxy groups -OCH3 is 1. The number of ether oxygens (including phenoxy) is 2. The smallest absolute Gasteiger partial charge is 0.255 e. The van der Waals surface area contributed by atoms with E-state index in [-0.39, 0.29) is 29.7 Å². The van der Waals surface area contributed by atoms with Crippen LogP contribution in [-0.4, -0.2) is 43.5 Å². The van der Waals surface area contributed by atoms with Crippen molar-refractivity contribution in [2.75, 3.05) is 20.3 Å². The first kappa shape index (κ1) is 15.4. The van der Waals surface area contributed by atoms with Gasteiger partial charge >= 0.3 is 0 Å². The minimum absolute atomic E-state index is 0.0347. The number of aromatic hydroxyl groups is 1. The molecule has 2 aromatic rings. The van der Waals surface area contributed by atoms with Crippen LogP contribution in [0.2, 0.25) is 0 Å². The third kappa shape index (κ3) is 2.36. The number of phenolic OH excluding ortho intramolecular Hbond substituents is 1. The Kier molecular flexibility index (Phi) is 3.90. The van der Waals surface area contributed by atoms with Crippen molar-refractivity contribution in [1.29, 1.82) is 0 Å². The lowest BCUT2D eigenvalue weighted by molar-refractivity contribution is -0.0809. The number of phenols is 1. The molecule has 5 heteroatoms. The van der Waals surface area contributed by atoms with Crippen molar-refractivity contribution >= 4 is 16.7 Å². The Balaban J connectivity index is 1.57. The van der Waals surface area contributed by atoms with Crippen LogP contribution in [0, 0.1) is 11.8 Å². The summed E-state index contributed by atoms with van der Waals surface area (Å²) in [6.45, 7) is 1.30. The zero-order valence-corrected chi connectivity index (χ0v) is 13.6. The zero-order valence-electron chi connectivity index (χ0n) is 13.6. The van der Waals surface area contributed by atoms with Crippen LogP contribution in [0.1, 0.15) is 16.8 Å². The van der Waals surface area contributed by atoms with E-state index >= 15 is 0 Å². The molecular formula is C19H21NO4. The summed E-state index contributed by atoms with van der Waals surface area (Å²) in [5.74, 6) is 0.313. The molecule has 1 saturated carbocycles. The number of amides is 1. The number of rotatable bonds is 4. The molecule has 1 aliphatic heterocycles. The molecule has 24 heavy (non-hydrogen) atoms. The van der Waals surface area contributed by atoms with Gasteiger partial charge in [0, 0.05) is 37.0 Å². The summed E-state index contributed by atoms with van der Waals surface area (Å²) < 4.78 is 11.0.